The molecule has 0 aliphatic heterocycles. The molecule has 1 aromatic heterocycles. The second kappa shape index (κ2) is 6.15. The van der Waals surface area contributed by atoms with Crippen LogP contribution >= 0.6 is 0 Å². The van der Waals surface area contributed by atoms with Crippen LogP contribution in [-0.4, -0.2) is 27.7 Å². The van der Waals surface area contributed by atoms with Gasteiger partial charge in [0.05, 0.1) is 12.6 Å². The molecule has 2 rings (SSSR count). The van der Waals surface area contributed by atoms with Crippen LogP contribution in [-0.2, 0) is 6.42 Å². The van der Waals surface area contributed by atoms with E-state index in [0.717, 1.165) is 17.5 Å². The summed E-state index contributed by atoms with van der Waals surface area (Å²) in [7, 11) is 0. The van der Waals surface area contributed by atoms with Crippen LogP contribution in [0.4, 0.5) is 11.6 Å². The number of nitrogens with two attached hydrogens (primary N) is 1. The lowest BCUT2D eigenvalue weighted by atomic mass is 10.1. The van der Waals surface area contributed by atoms with E-state index in [1.807, 2.05) is 37.3 Å². The summed E-state index contributed by atoms with van der Waals surface area (Å²) < 4.78 is 0. The van der Waals surface area contributed by atoms with Crippen LogP contribution in [0.1, 0.15) is 11.1 Å². The minimum absolute atomic E-state index is 0.0260. The highest BCUT2D eigenvalue weighted by Gasteiger charge is 2.11. The van der Waals surface area contributed by atoms with E-state index in [4.69, 9.17) is 5.73 Å². The van der Waals surface area contributed by atoms with Gasteiger partial charge in [-0.3, -0.25) is 0 Å². The summed E-state index contributed by atoms with van der Waals surface area (Å²) in [6, 6.07) is 9.91. The maximum Gasteiger partial charge on any atom is 0.134 e. The Morgan fingerprint density at radius 2 is 2.00 bits per heavy atom. The molecule has 100 valence electrons. The summed E-state index contributed by atoms with van der Waals surface area (Å²) in [6.07, 6.45) is 2.14. The third-order valence-electron chi connectivity index (χ3n) is 3.01. The van der Waals surface area contributed by atoms with E-state index in [-0.39, 0.29) is 12.6 Å². The minimum Gasteiger partial charge on any atom is -0.394 e. The Hall–Kier alpha value is -2.14. The number of nitrogen functional groups attached to an aromatic ring is 1. The van der Waals surface area contributed by atoms with E-state index >= 15 is 0 Å². The van der Waals surface area contributed by atoms with Gasteiger partial charge in [0.2, 0.25) is 0 Å². The Labute approximate surface area is 112 Å². The first-order chi connectivity index (χ1) is 9.20. The topological polar surface area (TPSA) is 84.1 Å². The molecule has 0 fully saturated rings. The number of benzene rings is 1. The standard InChI is InChI=1S/C14H18N4O/c1-10-13(15)16-9-17-14(10)18-12(8-19)7-11-5-3-2-4-6-11/h2-6,9,12,19H,7-8H2,1H3,(H3,15,16,17,18). The van der Waals surface area contributed by atoms with E-state index < -0.39 is 0 Å². The fourth-order valence-corrected chi connectivity index (χ4v) is 1.86. The van der Waals surface area contributed by atoms with E-state index in [2.05, 4.69) is 15.3 Å². The summed E-state index contributed by atoms with van der Waals surface area (Å²) in [5, 5.41) is 12.7. The molecule has 0 amide bonds. The zero-order valence-electron chi connectivity index (χ0n) is 10.9. The van der Waals surface area contributed by atoms with Gasteiger partial charge in [-0.25, -0.2) is 9.97 Å². The normalized spacial score (nSPS) is 12.1. The molecule has 5 heteroatoms. The fourth-order valence-electron chi connectivity index (χ4n) is 1.86. The fraction of sp³-hybridized carbons (Fsp3) is 0.286. The predicted octanol–water partition coefficient (Wildman–Crippen LogP) is 1.38. The molecular formula is C14H18N4O. The quantitative estimate of drug-likeness (QED) is 0.754. The number of anilines is 2. The highest BCUT2D eigenvalue weighted by molar-refractivity contribution is 5.54. The molecule has 19 heavy (non-hydrogen) atoms. The van der Waals surface area contributed by atoms with Crippen LogP contribution in [0.25, 0.3) is 0 Å². The van der Waals surface area contributed by atoms with Crippen molar-refractivity contribution in [2.45, 2.75) is 19.4 Å². The molecule has 1 atom stereocenters. The molecule has 0 aliphatic rings. The third-order valence-corrected chi connectivity index (χ3v) is 3.01. The van der Waals surface area contributed by atoms with Crippen molar-refractivity contribution in [2.24, 2.45) is 0 Å². The van der Waals surface area contributed by atoms with Crippen LogP contribution < -0.4 is 11.1 Å². The lowest BCUT2D eigenvalue weighted by molar-refractivity contribution is 0.273. The number of nitrogens with one attached hydrogen (secondary N) is 1. The molecule has 1 aromatic carbocycles. The minimum atomic E-state index is -0.101. The number of hydrogen-bond acceptors (Lipinski definition) is 5. The van der Waals surface area contributed by atoms with Crippen LogP contribution in [0.15, 0.2) is 36.7 Å². The third kappa shape index (κ3) is 3.42. The highest BCUT2D eigenvalue weighted by Crippen LogP contribution is 2.17. The zero-order chi connectivity index (χ0) is 13.7. The number of nitrogens with zero attached hydrogens (tertiary/aromatic N) is 2. The van der Waals surface area contributed by atoms with Crippen molar-refractivity contribution in [2.75, 3.05) is 17.7 Å². The Morgan fingerprint density at radius 3 is 2.68 bits per heavy atom. The number of aliphatic hydroxyl groups is 1. The second-order valence-electron chi connectivity index (χ2n) is 4.45. The Kier molecular flexibility index (Phi) is 4.30. The van der Waals surface area contributed by atoms with E-state index in [9.17, 15) is 5.11 Å². The Morgan fingerprint density at radius 1 is 1.26 bits per heavy atom. The Bertz CT molecular complexity index is 530. The van der Waals surface area contributed by atoms with Crippen molar-refractivity contribution in [3.63, 3.8) is 0 Å². The first kappa shape index (κ1) is 13.3. The molecule has 5 nitrogen and oxygen atoms in total. The van der Waals surface area contributed by atoms with Crippen LogP contribution in [0.5, 0.6) is 0 Å². The van der Waals surface area contributed by atoms with Crippen molar-refractivity contribution in [3.8, 4) is 0 Å². The molecule has 0 radical (unpaired) electrons. The summed E-state index contributed by atoms with van der Waals surface area (Å²) in [5.74, 6) is 1.12. The molecule has 0 saturated heterocycles. The zero-order valence-corrected chi connectivity index (χ0v) is 10.9. The van der Waals surface area contributed by atoms with E-state index in [0.29, 0.717) is 11.6 Å². The van der Waals surface area contributed by atoms with Crippen molar-refractivity contribution in [1.82, 2.24) is 9.97 Å². The van der Waals surface area contributed by atoms with Gasteiger partial charge in [-0.1, -0.05) is 30.3 Å². The summed E-state index contributed by atoms with van der Waals surface area (Å²) in [5.41, 5.74) is 7.70. The van der Waals surface area contributed by atoms with Gasteiger partial charge < -0.3 is 16.2 Å². The Balaban J connectivity index is 2.09. The first-order valence-electron chi connectivity index (χ1n) is 6.19. The van der Waals surface area contributed by atoms with Crippen molar-refractivity contribution < 1.29 is 5.11 Å². The number of hydrogen-bond donors (Lipinski definition) is 3. The molecule has 0 bridgehead atoms. The second-order valence-corrected chi connectivity index (χ2v) is 4.45. The van der Waals surface area contributed by atoms with Gasteiger partial charge in [0, 0.05) is 5.56 Å². The molecule has 0 saturated carbocycles. The first-order valence-corrected chi connectivity index (χ1v) is 6.19. The van der Waals surface area contributed by atoms with Crippen LogP contribution in [0, 0.1) is 6.92 Å². The lowest BCUT2D eigenvalue weighted by Crippen LogP contribution is -2.27. The van der Waals surface area contributed by atoms with E-state index in [1.54, 1.807) is 0 Å². The number of aromatic nitrogens is 2. The van der Waals surface area contributed by atoms with Crippen molar-refractivity contribution in [1.29, 1.82) is 0 Å². The van der Waals surface area contributed by atoms with Gasteiger partial charge >= 0.3 is 0 Å². The molecule has 0 spiro atoms. The SMILES string of the molecule is Cc1c(N)ncnc1NC(CO)Cc1ccccc1. The van der Waals surface area contributed by atoms with Gasteiger partial charge in [-0.2, -0.15) is 0 Å². The van der Waals surface area contributed by atoms with Gasteiger partial charge in [-0.15, -0.1) is 0 Å². The molecule has 2 aromatic rings. The van der Waals surface area contributed by atoms with Crippen LogP contribution in [0.2, 0.25) is 0 Å². The average molecular weight is 258 g/mol. The molecule has 1 unspecified atom stereocenters. The smallest absolute Gasteiger partial charge is 0.134 e. The number of aliphatic hydroxyl groups excluding tert-OH is 1. The maximum absolute atomic E-state index is 9.47. The number of rotatable bonds is 5. The molecule has 4 N–H and O–H groups in total. The van der Waals surface area contributed by atoms with Crippen molar-refractivity contribution in [3.05, 3.63) is 47.8 Å². The van der Waals surface area contributed by atoms with Gasteiger partial charge in [0.15, 0.2) is 0 Å². The largest absolute Gasteiger partial charge is 0.394 e. The van der Waals surface area contributed by atoms with E-state index in [1.165, 1.54) is 6.33 Å². The van der Waals surface area contributed by atoms with Gasteiger partial charge in [-0.05, 0) is 18.9 Å². The van der Waals surface area contributed by atoms with Crippen LogP contribution in [0.3, 0.4) is 0 Å². The van der Waals surface area contributed by atoms with Crippen molar-refractivity contribution >= 4 is 11.6 Å². The summed E-state index contributed by atoms with van der Waals surface area (Å²) in [4.78, 5) is 8.08. The highest BCUT2D eigenvalue weighted by atomic mass is 16.3. The van der Waals surface area contributed by atoms with Gasteiger partial charge in [0.25, 0.3) is 0 Å². The molecular weight excluding hydrogens is 240 g/mol. The predicted molar refractivity (Wildman–Crippen MR) is 75.8 cm³/mol. The monoisotopic (exact) mass is 258 g/mol. The summed E-state index contributed by atoms with van der Waals surface area (Å²) in [6.45, 7) is 1.88. The average Bonchev–Trinajstić information content (AvgIpc) is 2.44. The lowest BCUT2D eigenvalue weighted by Gasteiger charge is -2.18. The molecule has 1 heterocycles. The summed E-state index contributed by atoms with van der Waals surface area (Å²) >= 11 is 0. The molecule has 0 aliphatic carbocycles. The maximum atomic E-state index is 9.47. The van der Waals surface area contributed by atoms with Gasteiger partial charge in [0.1, 0.15) is 18.0 Å².